The predicted octanol–water partition coefficient (Wildman–Crippen LogP) is -1.40. The van der Waals surface area contributed by atoms with Crippen molar-refractivity contribution in [1.29, 1.82) is 0 Å². The van der Waals surface area contributed by atoms with Crippen molar-refractivity contribution in [2.45, 2.75) is 0 Å². The molecule has 0 amide bonds. The molecule has 0 unspecified atom stereocenters. The second-order valence-electron chi connectivity index (χ2n) is 0.475. The molecular formula is C2F2O4Zn. The van der Waals surface area contributed by atoms with Gasteiger partial charge in [0.05, 0.1) is 0 Å². The molecule has 7 heteroatoms. The second kappa shape index (κ2) is 10.4. The summed E-state index contributed by atoms with van der Waals surface area (Å²) < 4.78 is 19.6. The molecule has 0 spiro atoms. The van der Waals surface area contributed by atoms with Gasteiger partial charge in [-0.2, -0.15) is 8.78 Å². The number of hydrogen-bond acceptors (Lipinski definition) is 4. The van der Waals surface area contributed by atoms with Gasteiger partial charge in [0, 0.05) is 0 Å². The summed E-state index contributed by atoms with van der Waals surface area (Å²) in [6, 6.07) is 0. The van der Waals surface area contributed by atoms with Crippen LogP contribution in [0.2, 0.25) is 0 Å². The molecule has 0 aromatic carbocycles. The summed E-state index contributed by atoms with van der Waals surface area (Å²) >= 11 is 0. The number of carboxylic acid groups (broad SMARTS) is 2. The Hall–Kier alpha value is -0.577. The van der Waals surface area contributed by atoms with Crippen molar-refractivity contribution in [3.63, 3.8) is 0 Å². The molecule has 4 nitrogen and oxygen atoms in total. The van der Waals surface area contributed by atoms with Gasteiger partial charge in [-0.1, -0.05) is 0 Å². The molecule has 0 saturated carbocycles. The summed E-state index contributed by atoms with van der Waals surface area (Å²) in [5.74, 6) is 0. The van der Waals surface area contributed by atoms with Gasteiger partial charge in [0.15, 0.2) is 0 Å². The summed E-state index contributed by atoms with van der Waals surface area (Å²) in [4.78, 5) is 16.4. The normalized spacial score (nSPS) is 5.56. The molecule has 0 aliphatic carbocycles. The number of carbonyl (C=O) groups is 2. The quantitative estimate of drug-likeness (QED) is 0.348. The molecule has 0 aliphatic rings. The standard InChI is InChI=1S/2CHFO2.Zn/c2*2-1(3)4;/h2*(H,3,4);/q;;+2/p-2. The van der Waals surface area contributed by atoms with Crippen molar-refractivity contribution in [2.75, 3.05) is 0 Å². The Morgan fingerprint density at radius 2 is 1.00 bits per heavy atom. The van der Waals surface area contributed by atoms with Gasteiger partial charge in [0.25, 0.3) is 0 Å². The smallest absolute Gasteiger partial charge is 0.520 e. The van der Waals surface area contributed by atoms with Crippen molar-refractivity contribution >= 4 is 12.4 Å². The van der Waals surface area contributed by atoms with E-state index in [1.54, 1.807) is 0 Å². The largest absolute Gasteiger partial charge is 2.00 e. The predicted molar refractivity (Wildman–Crippen MR) is 13.0 cm³/mol. The zero-order valence-corrected chi connectivity index (χ0v) is 7.06. The molecule has 9 heavy (non-hydrogen) atoms. The molecule has 0 fully saturated rings. The van der Waals surface area contributed by atoms with Gasteiger partial charge in [-0.15, -0.1) is 0 Å². The van der Waals surface area contributed by atoms with Crippen LogP contribution in [0.4, 0.5) is 18.4 Å². The SMILES string of the molecule is O=C([O-])F.O=C([O-])F.[Zn+2]. The van der Waals surface area contributed by atoms with Gasteiger partial charge < -0.3 is 19.8 Å². The summed E-state index contributed by atoms with van der Waals surface area (Å²) in [7, 11) is 0. The van der Waals surface area contributed by atoms with Crippen LogP contribution in [0.25, 0.3) is 0 Å². The van der Waals surface area contributed by atoms with Crippen LogP contribution in [0.15, 0.2) is 0 Å². The summed E-state index contributed by atoms with van der Waals surface area (Å²) in [6.07, 6.45) is -5.17. The molecule has 0 aromatic heterocycles. The van der Waals surface area contributed by atoms with Crippen LogP contribution in [0.1, 0.15) is 0 Å². The van der Waals surface area contributed by atoms with E-state index in [1.165, 1.54) is 0 Å². The third kappa shape index (κ3) is 657. The van der Waals surface area contributed by atoms with Crippen LogP contribution in [0, 0.1) is 0 Å². The molecule has 0 radical (unpaired) electrons. The van der Waals surface area contributed by atoms with E-state index < -0.39 is 12.4 Å². The number of rotatable bonds is 0. The van der Waals surface area contributed by atoms with Crippen molar-refractivity contribution in [3.8, 4) is 0 Å². The van der Waals surface area contributed by atoms with Crippen molar-refractivity contribution < 1.29 is 48.1 Å². The van der Waals surface area contributed by atoms with Crippen LogP contribution < -0.4 is 10.2 Å². The topological polar surface area (TPSA) is 80.3 Å². The first-order chi connectivity index (χ1) is 3.46. The van der Waals surface area contributed by atoms with E-state index >= 15 is 0 Å². The fraction of sp³-hybridized carbons (Fsp3) is 0. The van der Waals surface area contributed by atoms with Crippen LogP contribution in [-0.4, -0.2) is 12.4 Å². The number of halogens is 2. The molecule has 0 bridgehead atoms. The summed E-state index contributed by atoms with van der Waals surface area (Å²) in [5.41, 5.74) is 0. The Morgan fingerprint density at radius 1 is 1.00 bits per heavy atom. The van der Waals surface area contributed by atoms with Gasteiger partial charge in [-0.05, 0) is 0 Å². The van der Waals surface area contributed by atoms with Crippen LogP contribution in [-0.2, 0) is 19.5 Å². The Kier molecular flexibility index (Phi) is 18.3. The molecule has 0 aromatic rings. The van der Waals surface area contributed by atoms with Crippen LogP contribution >= 0.6 is 0 Å². The minimum absolute atomic E-state index is 0. The van der Waals surface area contributed by atoms with Gasteiger partial charge >= 0.3 is 19.5 Å². The molecule has 48 valence electrons. The van der Waals surface area contributed by atoms with E-state index in [-0.39, 0.29) is 19.5 Å². The van der Waals surface area contributed by atoms with Crippen molar-refractivity contribution in [3.05, 3.63) is 0 Å². The second-order valence-corrected chi connectivity index (χ2v) is 0.475. The fourth-order valence-electron chi connectivity index (χ4n) is 0. The Bertz CT molecular complexity index is 74.6. The van der Waals surface area contributed by atoms with E-state index in [0.29, 0.717) is 0 Å². The van der Waals surface area contributed by atoms with E-state index in [0.717, 1.165) is 0 Å². The maximum Gasteiger partial charge on any atom is 2.00 e. The average Bonchev–Trinajstić information content (AvgIpc) is 1.25. The Morgan fingerprint density at radius 3 is 1.00 bits per heavy atom. The van der Waals surface area contributed by atoms with E-state index in [4.69, 9.17) is 19.8 Å². The summed E-state index contributed by atoms with van der Waals surface area (Å²) in [5, 5.41) is 16.4. The molecule has 0 heterocycles. The van der Waals surface area contributed by atoms with E-state index in [2.05, 4.69) is 0 Å². The van der Waals surface area contributed by atoms with Gasteiger partial charge in [-0.25, -0.2) is 0 Å². The zero-order chi connectivity index (χ0) is 7.15. The minimum Gasteiger partial charge on any atom is -0.520 e. The van der Waals surface area contributed by atoms with Gasteiger partial charge in [-0.3, -0.25) is 0 Å². The molecule has 0 N–H and O–H groups in total. The van der Waals surface area contributed by atoms with Gasteiger partial charge in [0.1, 0.15) is 0 Å². The Labute approximate surface area is 61.2 Å². The third-order valence-corrected chi connectivity index (χ3v) is 0. The van der Waals surface area contributed by atoms with Crippen molar-refractivity contribution in [2.24, 2.45) is 0 Å². The first-order valence-corrected chi connectivity index (χ1v) is 1.19. The van der Waals surface area contributed by atoms with E-state index in [1.807, 2.05) is 0 Å². The first-order valence-electron chi connectivity index (χ1n) is 1.19. The monoisotopic (exact) mass is 190 g/mol. The van der Waals surface area contributed by atoms with Crippen LogP contribution in [0.3, 0.4) is 0 Å². The molecule has 0 saturated heterocycles. The molecule has 0 rings (SSSR count). The first kappa shape index (κ1) is 15.8. The fourth-order valence-corrected chi connectivity index (χ4v) is 0. The Balaban J connectivity index is -0.0000000720. The number of hydrogen-bond donors (Lipinski definition) is 0. The maximum absolute atomic E-state index is 9.81. The zero-order valence-electron chi connectivity index (χ0n) is 4.10. The van der Waals surface area contributed by atoms with Gasteiger partial charge in [0.2, 0.25) is 12.4 Å². The summed E-state index contributed by atoms with van der Waals surface area (Å²) in [6.45, 7) is 0. The maximum atomic E-state index is 9.81. The minimum atomic E-state index is -2.58. The molecular weight excluding hydrogens is 191 g/mol. The third-order valence-electron chi connectivity index (χ3n) is 0. The number of carbonyl (C=O) groups excluding carboxylic acids is 2. The molecule has 0 aliphatic heterocycles. The molecule has 0 atom stereocenters. The van der Waals surface area contributed by atoms with Crippen LogP contribution in [0.5, 0.6) is 0 Å². The van der Waals surface area contributed by atoms with Crippen molar-refractivity contribution in [1.82, 2.24) is 0 Å². The average molecular weight is 191 g/mol. The van der Waals surface area contributed by atoms with E-state index in [9.17, 15) is 8.78 Å².